The monoisotopic (exact) mass is 433 g/mol. The number of halogens is 3. The molecule has 2 aromatic rings. The second-order valence-corrected chi connectivity index (χ2v) is 7.58. The van der Waals surface area contributed by atoms with Crippen LogP contribution in [0, 0.1) is 0 Å². The third-order valence-electron chi connectivity index (χ3n) is 5.42. The van der Waals surface area contributed by atoms with E-state index in [1.807, 2.05) is 13.0 Å². The SMILES string of the molecule is CCNC(=O)N1CCC[C@H](c2cccc(C(=O)NCc3ccccc3C(F)(F)F)c2)C1. The van der Waals surface area contributed by atoms with Crippen molar-refractivity contribution < 1.29 is 22.8 Å². The topological polar surface area (TPSA) is 61.4 Å². The molecule has 1 heterocycles. The number of benzene rings is 2. The summed E-state index contributed by atoms with van der Waals surface area (Å²) in [5.74, 6) is -0.328. The maximum Gasteiger partial charge on any atom is 0.416 e. The van der Waals surface area contributed by atoms with Crippen molar-refractivity contribution in [2.24, 2.45) is 0 Å². The third-order valence-corrected chi connectivity index (χ3v) is 5.42. The van der Waals surface area contributed by atoms with Crippen molar-refractivity contribution in [3.8, 4) is 0 Å². The predicted molar refractivity (Wildman–Crippen MR) is 112 cm³/mol. The molecule has 8 heteroatoms. The summed E-state index contributed by atoms with van der Waals surface area (Å²) in [5, 5.41) is 5.40. The van der Waals surface area contributed by atoms with Crippen LogP contribution in [0.2, 0.25) is 0 Å². The fraction of sp³-hybridized carbons (Fsp3) is 0.391. The first-order chi connectivity index (χ1) is 14.8. The molecule has 1 aliphatic rings. The number of urea groups is 1. The molecule has 3 rings (SSSR count). The molecule has 1 aliphatic heterocycles. The van der Waals surface area contributed by atoms with E-state index < -0.39 is 17.6 Å². The molecular weight excluding hydrogens is 407 g/mol. The van der Waals surface area contributed by atoms with Crippen LogP contribution in [0.1, 0.15) is 52.7 Å². The first-order valence-electron chi connectivity index (χ1n) is 10.4. The van der Waals surface area contributed by atoms with Gasteiger partial charge in [-0.15, -0.1) is 0 Å². The van der Waals surface area contributed by atoms with E-state index >= 15 is 0 Å². The molecule has 2 aromatic carbocycles. The number of carbonyl (C=O) groups excluding carboxylic acids is 2. The zero-order chi connectivity index (χ0) is 22.4. The molecule has 31 heavy (non-hydrogen) atoms. The van der Waals surface area contributed by atoms with Crippen LogP contribution in [-0.2, 0) is 12.7 Å². The molecule has 0 radical (unpaired) electrons. The van der Waals surface area contributed by atoms with Crippen molar-refractivity contribution in [2.75, 3.05) is 19.6 Å². The highest BCUT2D eigenvalue weighted by atomic mass is 19.4. The first kappa shape index (κ1) is 22.7. The average molecular weight is 433 g/mol. The summed E-state index contributed by atoms with van der Waals surface area (Å²) in [6, 6.07) is 12.2. The molecule has 0 unspecified atom stereocenters. The van der Waals surface area contributed by atoms with Crippen molar-refractivity contribution >= 4 is 11.9 Å². The van der Waals surface area contributed by atoms with Crippen molar-refractivity contribution in [3.63, 3.8) is 0 Å². The van der Waals surface area contributed by atoms with Gasteiger partial charge in [0, 0.05) is 37.7 Å². The Morgan fingerprint density at radius 1 is 1.10 bits per heavy atom. The van der Waals surface area contributed by atoms with Crippen molar-refractivity contribution in [2.45, 2.75) is 38.4 Å². The van der Waals surface area contributed by atoms with E-state index in [4.69, 9.17) is 0 Å². The highest BCUT2D eigenvalue weighted by Gasteiger charge is 2.33. The molecule has 0 aromatic heterocycles. The number of hydrogen-bond acceptors (Lipinski definition) is 2. The number of amides is 3. The van der Waals surface area contributed by atoms with E-state index in [0.717, 1.165) is 24.5 Å². The van der Waals surface area contributed by atoms with Gasteiger partial charge < -0.3 is 15.5 Å². The van der Waals surface area contributed by atoms with Crippen LogP contribution in [0.4, 0.5) is 18.0 Å². The van der Waals surface area contributed by atoms with E-state index in [0.29, 0.717) is 25.2 Å². The Balaban J connectivity index is 1.68. The largest absolute Gasteiger partial charge is 0.416 e. The highest BCUT2D eigenvalue weighted by Crippen LogP contribution is 2.32. The minimum absolute atomic E-state index is 0.0179. The summed E-state index contributed by atoms with van der Waals surface area (Å²) >= 11 is 0. The van der Waals surface area contributed by atoms with Crippen LogP contribution in [0.5, 0.6) is 0 Å². The normalized spacial score (nSPS) is 16.6. The summed E-state index contributed by atoms with van der Waals surface area (Å²) in [4.78, 5) is 26.5. The summed E-state index contributed by atoms with van der Waals surface area (Å²) in [5.41, 5.74) is 0.593. The molecule has 5 nitrogen and oxygen atoms in total. The van der Waals surface area contributed by atoms with Crippen molar-refractivity contribution in [1.29, 1.82) is 0 Å². The van der Waals surface area contributed by atoms with Gasteiger partial charge in [0.05, 0.1) is 5.56 Å². The molecule has 0 spiro atoms. The molecular formula is C23H26F3N3O2. The number of piperidine rings is 1. The predicted octanol–water partition coefficient (Wildman–Crippen LogP) is 4.54. The lowest BCUT2D eigenvalue weighted by atomic mass is 9.89. The lowest BCUT2D eigenvalue weighted by Gasteiger charge is -2.33. The number of rotatable bonds is 5. The van der Waals surface area contributed by atoms with Gasteiger partial charge in [-0.2, -0.15) is 13.2 Å². The van der Waals surface area contributed by atoms with Crippen LogP contribution in [-0.4, -0.2) is 36.5 Å². The summed E-state index contributed by atoms with van der Waals surface area (Å²) in [6.07, 6.45) is -2.70. The Kier molecular flexibility index (Phi) is 7.20. The number of nitrogens with one attached hydrogen (secondary N) is 2. The first-order valence-corrected chi connectivity index (χ1v) is 10.4. The quantitative estimate of drug-likeness (QED) is 0.727. The molecule has 1 atom stereocenters. The summed E-state index contributed by atoms with van der Waals surface area (Å²) in [6.45, 7) is 3.48. The lowest BCUT2D eigenvalue weighted by Crippen LogP contribution is -2.44. The van der Waals surface area contributed by atoms with Gasteiger partial charge >= 0.3 is 12.2 Å². The standard InChI is InChI=1S/C23H26F3N3O2/c1-2-27-22(31)29-12-6-10-19(15-29)16-8-5-9-17(13-16)21(30)28-14-18-7-3-4-11-20(18)23(24,25)26/h3-5,7-9,11,13,19H,2,6,10,12,14-15H2,1H3,(H,27,31)(H,28,30)/t19-/m0/s1. The van der Waals surface area contributed by atoms with Crippen LogP contribution in [0.3, 0.4) is 0 Å². The van der Waals surface area contributed by atoms with Crippen molar-refractivity contribution in [3.05, 3.63) is 70.8 Å². The van der Waals surface area contributed by atoms with E-state index in [1.165, 1.54) is 18.2 Å². The number of likely N-dealkylation sites (tertiary alicyclic amines) is 1. The van der Waals surface area contributed by atoms with E-state index in [2.05, 4.69) is 10.6 Å². The maximum absolute atomic E-state index is 13.1. The van der Waals surface area contributed by atoms with Crippen LogP contribution >= 0.6 is 0 Å². The molecule has 0 aliphatic carbocycles. The Morgan fingerprint density at radius 2 is 1.87 bits per heavy atom. The highest BCUT2D eigenvalue weighted by molar-refractivity contribution is 5.94. The number of alkyl halides is 3. The molecule has 0 bridgehead atoms. The zero-order valence-electron chi connectivity index (χ0n) is 17.3. The van der Waals surface area contributed by atoms with Gasteiger partial charge in [0.25, 0.3) is 5.91 Å². The van der Waals surface area contributed by atoms with Gasteiger partial charge in [-0.05, 0) is 49.1 Å². The Bertz CT molecular complexity index is 930. The average Bonchev–Trinajstić information content (AvgIpc) is 2.77. The van der Waals surface area contributed by atoms with Gasteiger partial charge in [0.15, 0.2) is 0 Å². The molecule has 1 saturated heterocycles. The van der Waals surface area contributed by atoms with Gasteiger partial charge in [0.1, 0.15) is 0 Å². The van der Waals surface area contributed by atoms with E-state index in [1.54, 1.807) is 23.1 Å². The number of carbonyl (C=O) groups is 2. The Hall–Kier alpha value is -3.03. The Labute approximate surface area is 179 Å². The molecule has 0 saturated carbocycles. The lowest BCUT2D eigenvalue weighted by molar-refractivity contribution is -0.138. The second-order valence-electron chi connectivity index (χ2n) is 7.58. The minimum Gasteiger partial charge on any atom is -0.348 e. The van der Waals surface area contributed by atoms with Gasteiger partial charge in [0.2, 0.25) is 0 Å². The van der Waals surface area contributed by atoms with Crippen LogP contribution < -0.4 is 10.6 Å². The number of nitrogens with zero attached hydrogens (tertiary/aromatic N) is 1. The Morgan fingerprint density at radius 3 is 2.61 bits per heavy atom. The molecule has 2 N–H and O–H groups in total. The molecule has 1 fully saturated rings. The third kappa shape index (κ3) is 5.77. The minimum atomic E-state index is -4.47. The fourth-order valence-corrected chi connectivity index (χ4v) is 3.86. The van der Waals surface area contributed by atoms with Crippen molar-refractivity contribution in [1.82, 2.24) is 15.5 Å². The second kappa shape index (κ2) is 9.85. The van der Waals surface area contributed by atoms with Crippen LogP contribution in [0.25, 0.3) is 0 Å². The van der Waals surface area contributed by atoms with Crippen LogP contribution in [0.15, 0.2) is 48.5 Å². The van der Waals surface area contributed by atoms with E-state index in [9.17, 15) is 22.8 Å². The van der Waals surface area contributed by atoms with Gasteiger partial charge in [-0.1, -0.05) is 30.3 Å². The summed E-state index contributed by atoms with van der Waals surface area (Å²) in [7, 11) is 0. The molecule has 166 valence electrons. The summed E-state index contributed by atoms with van der Waals surface area (Å²) < 4.78 is 39.4. The smallest absolute Gasteiger partial charge is 0.348 e. The maximum atomic E-state index is 13.1. The van der Waals surface area contributed by atoms with E-state index in [-0.39, 0.29) is 24.1 Å². The zero-order valence-corrected chi connectivity index (χ0v) is 17.3. The number of hydrogen-bond donors (Lipinski definition) is 2. The van der Waals surface area contributed by atoms with Gasteiger partial charge in [-0.25, -0.2) is 4.79 Å². The fourth-order valence-electron chi connectivity index (χ4n) is 3.86. The van der Waals surface area contributed by atoms with Gasteiger partial charge in [-0.3, -0.25) is 4.79 Å². The molecule has 3 amide bonds.